The molecule has 0 fully saturated rings. The minimum absolute atomic E-state index is 0.0482. The zero-order valence-electron chi connectivity index (χ0n) is 10.8. The van der Waals surface area contributed by atoms with E-state index in [-0.39, 0.29) is 11.4 Å². The summed E-state index contributed by atoms with van der Waals surface area (Å²) in [7, 11) is -3.89. The lowest BCUT2D eigenvalue weighted by atomic mass is 10.1. The predicted molar refractivity (Wildman–Crippen MR) is 71.1 cm³/mol. The average molecular weight is 281 g/mol. The maximum atomic E-state index is 12.3. The normalized spacial score (nSPS) is 11.3. The molecule has 0 aromatic heterocycles. The summed E-state index contributed by atoms with van der Waals surface area (Å²) in [6.45, 7) is 2.72. The Morgan fingerprint density at radius 3 is 2.47 bits per heavy atom. The third-order valence-electron chi connectivity index (χ3n) is 2.70. The summed E-state index contributed by atoms with van der Waals surface area (Å²) in [6.07, 6.45) is 5.08. The van der Waals surface area contributed by atoms with Gasteiger partial charge in [0.2, 0.25) is 10.0 Å². The van der Waals surface area contributed by atoms with Crippen LogP contribution >= 0.6 is 0 Å². The summed E-state index contributed by atoms with van der Waals surface area (Å²) in [5, 5.41) is 8.74. The molecule has 0 saturated heterocycles. The zero-order chi connectivity index (χ0) is 14.6. The number of terminal acetylenes is 1. The standard InChI is InChI=1S/C13H15NO4S/c1-4-7-14(9-13(15)16)19(17,18)12-6-5-10(2)11(3)8-12/h1,5-6,8H,7,9H2,2-3H3,(H,15,16). The summed E-state index contributed by atoms with van der Waals surface area (Å²) in [5.74, 6) is 0.911. The minimum atomic E-state index is -3.89. The first-order chi connectivity index (χ1) is 8.78. The Balaban J connectivity index is 3.22. The molecule has 0 atom stereocenters. The van der Waals surface area contributed by atoms with Crippen molar-refractivity contribution in [3.05, 3.63) is 29.3 Å². The molecule has 6 heteroatoms. The number of nitrogens with zero attached hydrogens (tertiary/aromatic N) is 1. The Kier molecular flexibility index (Phi) is 4.70. The van der Waals surface area contributed by atoms with E-state index in [1.54, 1.807) is 13.0 Å². The smallest absolute Gasteiger partial charge is 0.318 e. The summed E-state index contributed by atoms with van der Waals surface area (Å²) >= 11 is 0. The lowest BCUT2D eigenvalue weighted by Crippen LogP contribution is -2.36. The molecule has 0 aliphatic carbocycles. The molecule has 5 nitrogen and oxygen atoms in total. The van der Waals surface area contributed by atoms with Crippen LogP contribution in [-0.4, -0.2) is 36.9 Å². The van der Waals surface area contributed by atoms with Gasteiger partial charge in [-0.05, 0) is 37.1 Å². The number of hydrogen-bond donors (Lipinski definition) is 1. The van der Waals surface area contributed by atoms with Crippen LogP contribution in [0.1, 0.15) is 11.1 Å². The average Bonchev–Trinajstić information content (AvgIpc) is 2.31. The van der Waals surface area contributed by atoms with Crippen LogP contribution in [0, 0.1) is 26.2 Å². The molecule has 0 aliphatic rings. The highest BCUT2D eigenvalue weighted by atomic mass is 32.2. The first kappa shape index (κ1) is 15.2. The van der Waals surface area contributed by atoms with Crippen LogP contribution in [-0.2, 0) is 14.8 Å². The van der Waals surface area contributed by atoms with E-state index in [1.165, 1.54) is 12.1 Å². The molecule has 0 aliphatic heterocycles. The molecule has 0 radical (unpaired) electrons. The Morgan fingerprint density at radius 1 is 1.37 bits per heavy atom. The third-order valence-corrected chi connectivity index (χ3v) is 4.48. The van der Waals surface area contributed by atoms with Gasteiger partial charge in [0, 0.05) is 0 Å². The number of carboxylic acids is 1. The third kappa shape index (κ3) is 3.56. The Hall–Kier alpha value is -1.84. The van der Waals surface area contributed by atoms with Crippen LogP contribution in [0.25, 0.3) is 0 Å². The van der Waals surface area contributed by atoms with Crippen molar-refractivity contribution in [3.63, 3.8) is 0 Å². The molecule has 0 heterocycles. The number of benzene rings is 1. The molecule has 19 heavy (non-hydrogen) atoms. The van der Waals surface area contributed by atoms with Crippen LogP contribution in [0.3, 0.4) is 0 Å². The van der Waals surface area contributed by atoms with Crippen molar-refractivity contribution in [1.29, 1.82) is 0 Å². The molecule has 0 saturated carbocycles. The molecule has 1 N–H and O–H groups in total. The second-order valence-corrected chi connectivity index (χ2v) is 6.05. The van der Waals surface area contributed by atoms with E-state index in [0.29, 0.717) is 0 Å². The van der Waals surface area contributed by atoms with Crippen molar-refractivity contribution in [2.24, 2.45) is 0 Å². The highest BCUT2D eigenvalue weighted by Crippen LogP contribution is 2.18. The Morgan fingerprint density at radius 2 is 2.00 bits per heavy atom. The van der Waals surface area contributed by atoms with Gasteiger partial charge in [-0.15, -0.1) is 6.42 Å². The van der Waals surface area contributed by atoms with E-state index in [2.05, 4.69) is 5.92 Å². The van der Waals surface area contributed by atoms with Crippen LogP contribution < -0.4 is 0 Å². The maximum Gasteiger partial charge on any atom is 0.318 e. The van der Waals surface area contributed by atoms with Crippen LogP contribution in [0.2, 0.25) is 0 Å². The first-order valence-electron chi connectivity index (χ1n) is 5.51. The number of aliphatic carboxylic acids is 1. The highest BCUT2D eigenvalue weighted by molar-refractivity contribution is 7.89. The van der Waals surface area contributed by atoms with E-state index in [1.807, 2.05) is 6.92 Å². The topological polar surface area (TPSA) is 74.7 Å². The number of sulfonamides is 1. The summed E-state index contributed by atoms with van der Waals surface area (Å²) in [6, 6.07) is 4.64. The lowest BCUT2D eigenvalue weighted by molar-refractivity contribution is -0.137. The van der Waals surface area contributed by atoms with E-state index in [4.69, 9.17) is 11.5 Å². The van der Waals surface area contributed by atoms with Crippen molar-refractivity contribution in [1.82, 2.24) is 4.31 Å². The van der Waals surface area contributed by atoms with Gasteiger partial charge in [0.1, 0.15) is 6.54 Å². The fourth-order valence-electron chi connectivity index (χ4n) is 1.50. The van der Waals surface area contributed by atoms with Gasteiger partial charge in [0.15, 0.2) is 0 Å². The fourth-order valence-corrected chi connectivity index (χ4v) is 2.89. The van der Waals surface area contributed by atoms with E-state index < -0.39 is 22.5 Å². The predicted octanol–water partition coefficient (Wildman–Crippen LogP) is 1.01. The molecule has 1 aromatic rings. The second kappa shape index (κ2) is 5.87. The molecule has 0 unspecified atom stereocenters. The van der Waals surface area contributed by atoms with Gasteiger partial charge < -0.3 is 5.11 Å². The van der Waals surface area contributed by atoms with Gasteiger partial charge in [-0.1, -0.05) is 12.0 Å². The number of carboxylic acid groups (broad SMARTS) is 1. The van der Waals surface area contributed by atoms with Crippen molar-refractivity contribution in [2.45, 2.75) is 18.7 Å². The van der Waals surface area contributed by atoms with Crippen molar-refractivity contribution >= 4 is 16.0 Å². The molecule has 0 spiro atoms. The van der Waals surface area contributed by atoms with E-state index in [0.717, 1.165) is 15.4 Å². The van der Waals surface area contributed by atoms with Crippen molar-refractivity contribution in [3.8, 4) is 12.3 Å². The largest absolute Gasteiger partial charge is 0.480 e. The van der Waals surface area contributed by atoms with Gasteiger partial charge >= 0.3 is 5.97 Å². The maximum absolute atomic E-state index is 12.3. The molecular weight excluding hydrogens is 266 g/mol. The van der Waals surface area contributed by atoms with Gasteiger partial charge in [0.25, 0.3) is 0 Å². The van der Waals surface area contributed by atoms with E-state index in [9.17, 15) is 13.2 Å². The minimum Gasteiger partial charge on any atom is -0.480 e. The van der Waals surface area contributed by atoms with Gasteiger partial charge in [-0.3, -0.25) is 4.79 Å². The molecule has 102 valence electrons. The molecule has 1 aromatic carbocycles. The molecule has 1 rings (SSSR count). The fraction of sp³-hybridized carbons (Fsp3) is 0.308. The lowest BCUT2D eigenvalue weighted by Gasteiger charge is -2.18. The van der Waals surface area contributed by atoms with Crippen LogP contribution in [0.15, 0.2) is 23.1 Å². The quantitative estimate of drug-likeness (QED) is 0.817. The molecule has 0 bridgehead atoms. The van der Waals surface area contributed by atoms with Gasteiger partial charge in [-0.2, -0.15) is 4.31 Å². The SMILES string of the molecule is C#CCN(CC(=O)O)S(=O)(=O)c1ccc(C)c(C)c1. The van der Waals surface area contributed by atoms with E-state index >= 15 is 0 Å². The molecule has 0 amide bonds. The van der Waals surface area contributed by atoms with Crippen LogP contribution in [0.4, 0.5) is 0 Å². The van der Waals surface area contributed by atoms with Crippen molar-refractivity contribution in [2.75, 3.05) is 13.1 Å². The summed E-state index contributed by atoms with van der Waals surface area (Å²) in [5.41, 5.74) is 1.78. The summed E-state index contributed by atoms with van der Waals surface area (Å²) < 4.78 is 25.3. The first-order valence-corrected chi connectivity index (χ1v) is 6.95. The summed E-state index contributed by atoms with van der Waals surface area (Å²) in [4.78, 5) is 10.8. The van der Waals surface area contributed by atoms with Gasteiger partial charge in [0.05, 0.1) is 11.4 Å². The molecular formula is C13H15NO4S. The Labute approximate surface area is 112 Å². The zero-order valence-corrected chi connectivity index (χ0v) is 11.6. The van der Waals surface area contributed by atoms with Crippen LogP contribution in [0.5, 0.6) is 0 Å². The monoisotopic (exact) mass is 281 g/mol. The Bertz CT molecular complexity index is 629. The number of aryl methyl sites for hydroxylation is 2. The number of carbonyl (C=O) groups is 1. The number of rotatable bonds is 5. The number of hydrogen-bond acceptors (Lipinski definition) is 3. The van der Waals surface area contributed by atoms with Crippen molar-refractivity contribution < 1.29 is 18.3 Å². The van der Waals surface area contributed by atoms with Gasteiger partial charge in [-0.25, -0.2) is 8.42 Å². The highest BCUT2D eigenvalue weighted by Gasteiger charge is 2.26. The second-order valence-electron chi connectivity index (χ2n) is 4.12.